The van der Waals surface area contributed by atoms with Gasteiger partial charge in [-0.25, -0.2) is 10.3 Å². The fourth-order valence-corrected chi connectivity index (χ4v) is 4.18. The molecule has 0 amide bonds. The highest BCUT2D eigenvalue weighted by Crippen LogP contribution is 2.35. The fraction of sp³-hybridized carbons (Fsp3) is 0.500. The Bertz CT molecular complexity index is 978. The summed E-state index contributed by atoms with van der Waals surface area (Å²) in [6.45, 7) is 8.93. The number of piperidine rings is 1. The van der Waals surface area contributed by atoms with Crippen molar-refractivity contribution in [3.05, 3.63) is 40.8 Å². The standard InChI is InChI=1S/C22H30Cl2N6O/c1-4-30-7-5-14(6-8-30)16-10-18-15(9-17(16)23)12-26-21(28-18)29-19(11-25)20(24)27-13-22(2,3)31/h9-12,14,31H,4-8,13,25H2,1-3H3,(H,26,28,29)/p+1/b19-11+,27-20?. The Morgan fingerprint density at radius 1 is 1.42 bits per heavy atom. The maximum Gasteiger partial charge on any atom is 0.394 e. The molecule has 0 spiro atoms. The van der Waals surface area contributed by atoms with Gasteiger partial charge < -0.3 is 15.7 Å². The van der Waals surface area contributed by atoms with Crippen molar-refractivity contribution in [3.8, 4) is 0 Å². The number of anilines is 1. The molecule has 9 heteroatoms. The van der Waals surface area contributed by atoms with E-state index in [0.29, 0.717) is 17.6 Å². The normalized spacial score (nSPS) is 17.4. The van der Waals surface area contributed by atoms with Gasteiger partial charge in [-0.2, -0.15) is 0 Å². The van der Waals surface area contributed by atoms with E-state index in [0.717, 1.165) is 54.0 Å². The largest absolute Gasteiger partial charge is 0.402 e. The molecule has 3 rings (SSSR count). The van der Waals surface area contributed by atoms with Crippen molar-refractivity contribution < 1.29 is 10.1 Å². The molecule has 31 heavy (non-hydrogen) atoms. The fourth-order valence-electron chi connectivity index (χ4n) is 3.68. The Labute approximate surface area is 193 Å². The van der Waals surface area contributed by atoms with Crippen LogP contribution >= 0.6 is 23.2 Å². The Morgan fingerprint density at radius 3 is 2.74 bits per heavy atom. The first-order chi connectivity index (χ1) is 14.7. The number of allylic oxidation sites excluding steroid dienone is 1. The number of nitrogens with two attached hydrogens (primary N) is 1. The van der Waals surface area contributed by atoms with E-state index in [1.54, 1.807) is 13.8 Å². The first kappa shape index (κ1) is 23.7. The third-order valence-electron chi connectivity index (χ3n) is 5.46. The monoisotopic (exact) mass is 465 g/mol. The number of aliphatic hydroxyl groups is 1. The first-order valence-electron chi connectivity index (χ1n) is 10.6. The molecule has 2 aromatic rings. The lowest BCUT2D eigenvalue weighted by atomic mass is 9.89. The molecule has 0 saturated carbocycles. The molecule has 0 atom stereocenters. The smallest absolute Gasteiger partial charge is 0.394 e. The van der Waals surface area contributed by atoms with Crippen LogP contribution in [0.4, 0.5) is 5.95 Å². The predicted octanol–water partition coefficient (Wildman–Crippen LogP) is 3.52. The highest BCUT2D eigenvalue weighted by Gasteiger charge is 2.23. The van der Waals surface area contributed by atoms with Crippen molar-refractivity contribution in [2.24, 2.45) is 10.7 Å². The van der Waals surface area contributed by atoms with Crippen LogP contribution in [0.3, 0.4) is 0 Å². The van der Waals surface area contributed by atoms with Gasteiger partial charge in [-0.1, -0.05) is 35.1 Å². The van der Waals surface area contributed by atoms with Crippen molar-refractivity contribution in [2.75, 3.05) is 31.5 Å². The van der Waals surface area contributed by atoms with E-state index in [1.165, 1.54) is 6.20 Å². The summed E-state index contributed by atoms with van der Waals surface area (Å²) in [4.78, 5) is 14.4. The zero-order valence-electron chi connectivity index (χ0n) is 18.3. The highest BCUT2D eigenvalue weighted by atomic mass is 35.5. The highest BCUT2D eigenvalue weighted by molar-refractivity contribution is 6.69. The Hall–Kier alpha value is -1.93. The summed E-state index contributed by atoms with van der Waals surface area (Å²) < 4.78 is 0. The lowest BCUT2D eigenvalue weighted by Gasteiger charge is -2.31. The molecule has 0 bridgehead atoms. The van der Waals surface area contributed by atoms with Crippen LogP contribution in [0.5, 0.6) is 0 Å². The maximum absolute atomic E-state index is 9.84. The van der Waals surface area contributed by atoms with Gasteiger partial charge in [0.15, 0.2) is 16.4 Å². The van der Waals surface area contributed by atoms with Crippen LogP contribution < -0.4 is 16.0 Å². The predicted molar refractivity (Wildman–Crippen MR) is 128 cm³/mol. The Morgan fingerprint density at radius 2 is 2.13 bits per heavy atom. The van der Waals surface area contributed by atoms with Gasteiger partial charge in [-0.05, 0) is 69.9 Å². The van der Waals surface area contributed by atoms with E-state index < -0.39 is 5.60 Å². The van der Waals surface area contributed by atoms with Gasteiger partial charge in [0, 0.05) is 16.6 Å². The first-order valence-corrected chi connectivity index (χ1v) is 11.3. The molecule has 1 aliphatic heterocycles. The lowest BCUT2D eigenvalue weighted by molar-refractivity contribution is -0.362. The van der Waals surface area contributed by atoms with Crippen molar-refractivity contribution in [1.29, 1.82) is 0 Å². The molecule has 1 aliphatic rings. The van der Waals surface area contributed by atoms with Gasteiger partial charge >= 0.3 is 5.95 Å². The molecule has 168 valence electrons. The van der Waals surface area contributed by atoms with Crippen LogP contribution in [0.25, 0.3) is 10.9 Å². The summed E-state index contributed by atoms with van der Waals surface area (Å²) in [5.74, 6) is 0.917. The molecule has 1 aromatic heterocycles. The van der Waals surface area contributed by atoms with E-state index in [9.17, 15) is 5.11 Å². The molecular weight excluding hydrogens is 435 g/mol. The third kappa shape index (κ3) is 6.29. The number of aromatic amines is 1. The molecule has 5 N–H and O–H groups in total. The quantitative estimate of drug-likeness (QED) is 0.542. The minimum Gasteiger partial charge on any atom is -0.402 e. The van der Waals surface area contributed by atoms with E-state index >= 15 is 0 Å². The van der Waals surface area contributed by atoms with Gasteiger partial charge in [0.2, 0.25) is 0 Å². The van der Waals surface area contributed by atoms with Crippen molar-refractivity contribution in [2.45, 2.75) is 45.1 Å². The number of nitrogens with zero attached hydrogens (tertiary/aromatic N) is 3. The topological polar surface area (TPSA) is 101 Å². The van der Waals surface area contributed by atoms with Crippen LogP contribution in [0.2, 0.25) is 5.02 Å². The summed E-state index contributed by atoms with van der Waals surface area (Å²) in [5, 5.41) is 14.8. The number of H-pyrrole nitrogens is 1. The number of aromatic nitrogens is 2. The average molecular weight is 466 g/mol. The van der Waals surface area contributed by atoms with Crippen LogP contribution in [0.15, 0.2) is 35.2 Å². The minimum absolute atomic E-state index is 0.151. The number of rotatable bonds is 7. The number of fused-ring (bicyclic) bond motifs is 1. The summed E-state index contributed by atoms with van der Waals surface area (Å²) in [5.41, 5.74) is 7.14. The zero-order valence-corrected chi connectivity index (χ0v) is 19.8. The number of nitrogens with one attached hydrogen (secondary N) is 2. The van der Waals surface area contributed by atoms with Crippen LogP contribution in [0.1, 0.15) is 45.1 Å². The van der Waals surface area contributed by atoms with Crippen LogP contribution in [-0.4, -0.2) is 51.9 Å². The minimum atomic E-state index is -0.962. The van der Waals surface area contributed by atoms with E-state index in [4.69, 9.17) is 28.9 Å². The number of hydrogen-bond donors (Lipinski definition) is 3. The molecule has 0 unspecified atom stereocenters. The third-order valence-corrected chi connectivity index (χ3v) is 6.11. The summed E-state index contributed by atoms with van der Waals surface area (Å²) in [7, 11) is 0. The zero-order chi connectivity index (χ0) is 22.6. The van der Waals surface area contributed by atoms with Gasteiger partial charge in [0.05, 0.1) is 18.3 Å². The molecule has 2 heterocycles. The molecule has 1 fully saturated rings. The summed E-state index contributed by atoms with van der Waals surface area (Å²) >= 11 is 12.9. The second-order valence-electron chi connectivity index (χ2n) is 8.51. The molecule has 0 radical (unpaired) electrons. The molecule has 0 aliphatic carbocycles. The summed E-state index contributed by atoms with van der Waals surface area (Å²) in [6.07, 6.45) is 5.35. The molecular formula is C22H31Cl2N6O+. The summed E-state index contributed by atoms with van der Waals surface area (Å²) in [6, 6.07) is 4.04. The number of benzene rings is 1. The number of hydrogen-bond acceptors (Lipinski definition) is 6. The van der Waals surface area contributed by atoms with Crippen LogP contribution in [0, 0.1) is 0 Å². The van der Waals surface area contributed by atoms with Crippen molar-refractivity contribution in [3.63, 3.8) is 0 Å². The molecule has 1 aromatic carbocycles. The van der Waals surface area contributed by atoms with Gasteiger partial charge in [0.25, 0.3) is 0 Å². The Kier molecular flexibility index (Phi) is 7.75. The number of halogens is 2. The molecule has 7 nitrogen and oxygen atoms in total. The maximum atomic E-state index is 9.84. The van der Waals surface area contributed by atoms with Crippen LogP contribution in [-0.2, 0) is 0 Å². The molecule has 1 saturated heterocycles. The van der Waals surface area contributed by atoms with Crippen molar-refractivity contribution in [1.82, 2.24) is 9.88 Å². The SMILES string of the molecule is CCN1CCC(c2cc3nc(N/C(=C/N)C(Cl)=NCC(C)(C)O)[nH+]cc3cc2Cl)CC1. The lowest BCUT2D eigenvalue weighted by Crippen LogP contribution is -2.32. The van der Waals surface area contributed by atoms with Gasteiger partial charge in [-0.3, -0.25) is 4.99 Å². The number of aliphatic imine (C=N–C) groups is 1. The van der Waals surface area contributed by atoms with Gasteiger partial charge in [0.1, 0.15) is 0 Å². The second-order valence-corrected chi connectivity index (χ2v) is 9.28. The van der Waals surface area contributed by atoms with E-state index in [-0.39, 0.29) is 11.7 Å². The van der Waals surface area contributed by atoms with E-state index in [1.807, 2.05) is 12.3 Å². The second kappa shape index (κ2) is 10.1. The number of likely N-dealkylation sites (tertiary alicyclic amines) is 1. The van der Waals surface area contributed by atoms with Crippen molar-refractivity contribution >= 4 is 45.2 Å². The van der Waals surface area contributed by atoms with Gasteiger partial charge in [-0.15, -0.1) is 0 Å². The van der Waals surface area contributed by atoms with E-state index in [2.05, 4.69) is 38.2 Å². The Balaban J connectivity index is 1.82. The average Bonchev–Trinajstić information content (AvgIpc) is 2.75.